The first-order valence-electron chi connectivity index (χ1n) is 9.21. The van der Waals surface area contributed by atoms with Gasteiger partial charge in [-0.25, -0.2) is 0 Å². The molecular formula is C22H19ClN4OS. The maximum Gasteiger partial charge on any atom is 0.196 e. The molecule has 0 unspecified atom stereocenters. The molecule has 2 heterocycles. The summed E-state index contributed by atoms with van der Waals surface area (Å²) in [5.74, 6) is 2.27. The molecule has 0 amide bonds. The standard InChI is InChI=1S/C22H19ClN4OS/c1-2-28-18-11-9-17(10-12-18)27-21(19-7-3-4-8-20(19)23)25-26-22(27)29-15-16-6-5-13-24-14-16/h3-14H,2,15H2,1H3. The summed E-state index contributed by atoms with van der Waals surface area (Å²) in [7, 11) is 0. The number of benzene rings is 2. The van der Waals surface area contributed by atoms with E-state index in [2.05, 4.69) is 15.2 Å². The minimum atomic E-state index is 0.628. The lowest BCUT2D eigenvalue weighted by Gasteiger charge is -2.12. The van der Waals surface area contributed by atoms with E-state index in [4.69, 9.17) is 16.3 Å². The zero-order chi connectivity index (χ0) is 20.1. The fourth-order valence-corrected chi connectivity index (χ4v) is 4.01. The van der Waals surface area contributed by atoms with Gasteiger partial charge in [0.2, 0.25) is 0 Å². The average molecular weight is 423 g/mol. The molecule has 7 heteroatoms. The second-order valence-electron chi connectivity index (χ2n) is 6.20. The summed E-state index contributed by atoms with van der Waals surface area (Å²) in [5.41, 5.74) is 2.91. The molecule has 0 N–H and O–H groups in total. The van der Waals surface area contributed by atoms with Crippen molar-refractivity contribution in [3.63, 3.8) is 0 Å². The first-order valence-corrected chi connectivity index (χ1v) is 10.6. The monoisotopic (exact) mass is 422 g/mol. The third kappa shape index (κ3) is 4.44. The van der Waals surface area contributed by atoms with E-state index in [0.29, 0.717) is 17.5 Å². The predicted octanol–water partition coefficient (Wildman–Crippen LogP) is 5.67. The van der Waals surface area contributed by atoms with Crippen molar-refractivity contribution >= 4 is 23.4 Å². The van der Waals surface area contributed by atoms with Crippen LogP contribution >= 0.6 is 23.4 Å². The zero-order valence-corrected chi connectivity index (χ0v) is 17.4. The van der Waals surface area contributed by atoms with Crippen LogP contribution in [0.25, 0.3) is 17.1 Å². The molecule has 29 heavy (non-hydrogen) atoms. The van der Waals surface area contributed by atoms with E-state index in [1.54, 1.807) is 18.0 Å². The summed E-state index contributed by atoms with van der Waals surface area (Å²) < 4.78 is 7.60. The molecule has 2 aromatic carbocycles. The first-order chi connectivity index (χ1) is 14.3. The molecular weight excluding hydrogens is 404 g/mol. The van der Waals surface area contributed by atoms with Gasteiger partial charge >= 0.3 is 0 Å². The van der Waals surface area contributed by atoms with Gasteiger partial charge in [0.25, 0.3) is 0 Å². The van der Waals surface area contributed by atoms with Gasteiger partial charge in [0, 0.05) is 29.4 Å². The van der Waals surface area contributed by atoms with E-state index in [1.807, 2.05) is 78.4 Å². The Morgan fingerprint density at radius 2 is 1.83 bits per heavy atom. The molecule has 146 valence electrons. The van der Waals surface area contributed by atoms with Crippen LogP contribution in [0.15, 0.2) is 78.2 Å². The smallest absolute Gasteiger partial charge is 0.196 e. The quantitative estimate of drug-likeness (QED) is 0.359. The lowest BCUT2D eigenvalue weighted by Crippen LogP contribution is -2.01. The number of hydrogen-bond donors (Lipinski definition) is 0. The summed E-state index contributed by atoms with van der Waals surface area (Å²) in [6.45, 7) is 2.60. The molecule has 4 rings (SSSR count). The molecule has 0 spiro atoms. The summed E-state index contributed by atoms with van der Waals surface area (Å²) in [5, 5.41) is 10.3. The van der Waals surface area contributed by atoms with E-state index >= 15 is 0 Å². The fourth-order valence-electron chi connectivity index (χ4n) is 2.90. The molecule has 0 atom stereocenters. The minimum Gasteiger partial charge on any atom is -0.494 e. The summed E-state index contributed by atoms with van der Waals surface area (Å²) in [4.78, 5) is 4.18. The number of ether oxygens (including phenoxy) is 1. The van der Waals surface area contributed by atoms with Crippen LogP contribution in [-0.2, 0) is 5.75 Å². The van der Waals surface area contributed by atoms with Crippen molar-refractivity contribution in [3.05, 3.63) is 83.6 Å². The maximum atomic E-state index is 6.45. The number of hydrogen-bond acceptors (Lipinski definition) is 5. The van der Waals surface area contributed by atoms with Gasteiger partial charge in [0.15, 0.2) is 11.0 Å². The van der Waals surface area contributed by atoms with E-state index in [-0.39, 0.29) is 0 Å². The number of rotatable bonds is 7. The van der Waals surface area contributed by atoms with Crippen LogP contribution in [0, 0.1) is 0 Å². The van der Waals surface area contributed by atoms with Crippen molar-refractivity contribution in [1.82, 2.24) is 19.7 Å². The molecule has 0 bridgehead atoms. The van der Waals surface area contributed by atoms with Crippen LogP contribution < -0.4 is 4.74 Å². The Labute approximate surface area is 178 Å². The molecule has 5 nitrogen and oxygen atoms in total. The highest BCUT2D eigenvalue weighted by Crippen LogP contribution is 2.33. The number of nitrogens with zero attached hydrogens (tertiary/aromatic N) is 4. The number of pyridine rings is 1. The van der Waals surface area contributed by atoms with Crippen LogP contribution in [0.5, 0.6) is 5.75 Å². The Balaban J connectivity index is 1.74. The number of aromatic nitrogens is 4. The van der Waals surface area contributed by atoms with Crippen molar-refractivity contribution in [3.8, 4) is 22.8 Å². The molecule has 0 radical (unpaired) electrons. The Hall–Kier alpha value is -2.83. The summed E-state index contributed by atoms with van der Waals surface area (Å²) in [6.07, 6.45) is 3.63. The van der Waals surface area contributed by atoms with Gasteiger partial charge in [-0.2, -0.15) is 0 Å². The Morgan fingerprint density at radius 3 is 2.55 bits per heavy atom. The highest BCUT2D eigenvalue weighted by Gasteiger charge is 2.18. The van der Waals surface area contributed by atoms with Gasteiger partial charge in [-0.05, 0) is 55.0 Å². The van der Waals surface area contributed by atoms with Gasteiger partial charge in [0.05, 0.1) is 11.6 Å². The van der Waals surface area contributed by atoms with Crippen LogP contribution in [0.3, 0.4) is 0 Å². The average Bonchev–Trinajstić information content (AvgIpc) is 3.18. The first kappa shape index (κ1) is 19.5. The van der Waals surface area contributed by atoms with E-state index in [0.717, 1.165) is 33.5 Å². The predicted molar refractivity (Wildman–Crippen MR) is 117 cm³/mol. The van der Waals surface area contributed by atoms with Crippen LogP contribution in [0.2, 0.25) is 5.02 Å². The highest BCUT2D eigenvalue weighted by atomic mass is 35.5. The molecule has 0 aliphatic carbocycles. The van der Waals surface area contributed by atoms with Gasteiger partial charge in [-0.3, -0.25) is 9.55 Å². The summed E-state index contributed by atoms with van der Waals surface area (Å²) >= 11 is 8.06. The molecule has 0 saturated heterocycles. The molecule has 0 aliphatic rings. The van der Waals surface area contributed by atoms with Gasteiger partial charge in [-0.1, -0.05) is 41.6 Å². The molecule has 2 aromatic heterocycles. The van der Waals surface area contributed by atoms with Gasteiger partial charge in [-0.15, -0.1) is 10.2 Å². The van der Waals surface area contributed by atoms with E-state index in [9.17, 15) is 0 Å². The van der Waals surface area contributed by atoms with Crippen LogP contribution in [0.1, 0.15) is 12.5 Å². The summed E-state index contributed by atoms with van der Waals surface area (Å²) in [6, 6.07) is 19.5. The van der Waals surface area contributed by atoms with E-state index < -0.39 is 0 Å². The zero-order valence-electron chi connectivity index (χ0n) is 15.8. The maximum absolute atomic E-state index is 6.45. The normalized spacial score (nSPS) is 10.8. The molecule has 0 fully saturated rings. The number of halogens is 1. The molecule has 0 saturated carbocycles. The topological polar surface area (TPSA) is 52.8 Å². The van der Waals surface area contributed by atoms with Crippen molar-refractivity contribution in [2.75, 3.05) is 6.61 Å². The minimum absolute atomic E-state index is 0.628. The van der Waals surface area contributed by atoms with Crippen molar-refractivity contribution in [1.29, 1.82) is 0 Å². The molecule has 0 aliphatic heterocycles. The van der Waals surface area contributed by atoms with Gasteiger partial charge in [0.1, 0.15) is 5.75 Å². The Bertz CT molecular complexity index is 1080. The molecule has 4 aromatic rings. The van der Waals surface area contributed by atoms with Crippen molar-refractivity contribution in [2.24, 2.45) is 0 Å². The largest absolute Gasteiger partial charge is 0.494 e. The van der Waals surface area contributed by atoms with Crippen LogP contribution in [-0.4, -0.2) is 26.4 Å². The second-order valence-corrected chi connectivity index (χ2v) is 7.55. The Kier molecular flexibility index (Phi) is 6.12. The van der Waals surface area contributed by atoms with Crippen molar-refractivity contribution in [2.45, 2.75) is 17.8 Å². The third-order valence-electron chi connectivity index (χ3n) is 4.24. The lowest BCUT2D eigenvalue weighted by atomic mass is 10.2. The third-order valence-corrected chi connectivity index (χ3v) is 5.57. The van der Waals surface area contributed by atoms with Gasteiger partial charge < -0.3 is 4.74 Å². The SMILES string of the molecule is CCOc1ccc(-n2c(SCc3cccnc3)nnc2-c2ccccc2Cl)cc1. The Morgan fingerprint density at radius 1 is 1.00 bits per heavy atom. The lowest BCUT2D eigenvalue weighted by molar-refractivity contribution is 0.340. The fraction of sp³-hybridized carbons (Fsp3) is 0.136. The van der Waals surface area contributed by atoms with Crippen molar-refractivity contribution < 1.29 is 4.74 Å². The van der Waals surface area contributed by atoms with E-state index in [1.165, 1.54) is 0 Å². The highest BCUT2D eigenvalue weighted by molar-refractivity contribution is 7.98. The van der Waals surface area contributed by atoms with Crippen LogP contribution in [0.4, 0.5) is 0 Å². The second kappa shape index (κ2) is 9.11. The number of thioether (sulfide) groups is 1.